The van der Waals surface area contributed by atoms with E-state index in [-0.39, 0.29) is 17.3 Å². The first-order valence-corrected chi connectivity index (χ1v) is 5.37. The largest absolute Gasteiger partial charge is 0.439 e. The van der Waals surface area contributed by atoms with E-state index in [9.17, 15) is 10.1 Å². The van der Waals surface area contributed by atoms with E-state index in [1.54, 1.807) is 30.3 Å². The second kappa shape index (κ2) is 5.46. The number of ether oxygens (including phenoxy) is 1. The Morgan fingerprint density at radius 3 is 2.35 bits per heavy atom. The van der Waals surface area contributed by atoms with Crippen LogP contribution in [0.25, 0.3) is 0 Å². The lowest BCUT2D eigenvalue weighted by molar-refractivity contribution is -0.385. The zero-order chi connectivity index (χ0) is 14.5. The molecule has 0 fully saturated rings. The summed E-state index contributed by atoms with van der Waals surface area (Å²) in [6, 6.07) is 12.3. The third kappa shape index (κ3) is 2.68. The maximum Gasteiger partial charge on any atom is 0.305 e. The molecular formula is C13H6N4O3. The molecule has 2 aromatic rings. The number of rotatable bonds is 3. The number of hydrogen-bond acceptors (Lipinski definition) is 6. The van der Waals surface area contributed by atoms with Crippen LogP contribution in [-0.4, -0.2) is 9.91 Å². The minimum absolute atomic E-state index is 0.0665. The zero-order valence-corrected chi connectivity index (χ0v) is 9.98. The van der Waals surface area contributed by atoms with Crippen molar-refractivity contribution in [1.82, 2.24) is 4.98 Å². The summed E-state index contributed by atoms with van der Waals surface area (Å²) in [4.78, 5) is 13.7. The molecule has 0 radical (unpaired) electrons. The SMILES string of the molecule is N#Cc1ccc(Oc2ccc([N+](=O)[O-])c(C#N)n2)cc1. The van der Waals surface area contributed by atoms with Crippen LogP contribution >= 0.6 is 0 Å². The summed E-state index contributed by atoms with van der Waals surface area (Å²) in [5, 5.41) is 28.1. The van der Waals surface area contributed by atoms with Gasteiger partial charge in [0.2, 0.25) is 11.6 Å². The molecule has 7 nitrogen and oxygen atoms in total. The molecule has 0 saturated carbocycles. The van der Waals surface area contributed by atoms with Gasteiger partial charge in [0.25, 0.3) is 0 Å². The minimum atomic E-state index is -0.683. The average molecular weight is 266 g/mol. The highest BCUT2D eigenvalue weighted by Gasteiger charge is 2.16. The fraction of sp³-hybridized carbons (Fsp3) is 0. The topological polar surface area (TPSA) is 113 Å². The van der Waals surface area contributed by atoms with E-state index in [1.165, 1.54) is 6.07 Å². The standard InChI is InChI=1S/C13H6N4O3/c14-7-9-1-3-10(4-2-9)20-13-6-5-12(17(18)19)11(8-15)16-13/h1-6H. The van der Waals surface area contributed by atoms with Crippen LogP contribution in [0, 0.1) is 32.8 Å². The number of nitro groups is 1. The lowest BCUT2D eigenvalue weighted by Crippen LogP contribution is -1.97. The number of pyridine rings is 1. The van der Waals surface area contributed by atoms with Gasteiger partial charge in [0.05, 0.1) is 16.6 Å². The van der Waals surface area contributed by atoms with Gasteiger partial charge < -0.3 is 4.74 Å². The van der Waals surface area contributed by atoms with Gasteiger partial charge in [-0.25, -0.2) is 0 Å². The molecule has 20 heavy (non-hydrogen) atoms. The zero-order valence-electron chi connectivity index (χ0n) is 9.98. The highest BCUT2D eigenvalue weighted by molar-refractivity contribution is 5.46. The highest BCUT2D eigenvalue weighted by Crippen LogP contribution is 2.24. The van der Waals surface area contributed by atoms with Crippen LogP contribution in [0.3, 0.4) is 0 Å². The van der Waals surface area contributed by atoms with Gasteiger partial charge in [0.1, 0.15) is 11.8 Å². The van der Waals surface area contributed by atoms with Crippen molar-refractivity contribution in [3.05, 3.63) is 57.8 Å². The molecular weight excluding hydrogens is 260 g/mol. The maximum atomic E-state index is 10.7. The van der Waals surface area contributed by atoms with Crippen molar-refractivity contribution in [2.45, 2.75) is 0 Å². The molecule has 0 bridgehead atoms. The molecule has 0 aliphatic rings. The predicted octanol–water partition coefficient (Wildman–Crippen LogP) is 2.53. The normalized spacial score (nSPS) is 9.30. The molecule has 0 aliphatic heterocycles. The smallest absolute Gasteiger partial charge is 0.305 e. The third-order valence-corrected chi connectivity index (χ3v) is 2.36. The van der Waals surface area contributed by atoms with Gasteiger partial charge in [-0.1, -0.05) is 0 Å². The molecule has 2 rings (SSSR count). The van der Waals surface area contributed by atoms with Gasteiger partial charge in [-0.15, -0.1) is 0 Å². The number of aromatic nitrogens is 1. The summed E-state index contributed by atoms with van der Waals surface area (Å²) in [7, 11) is 0. The molecule has 0 unspecified atom stereocenters. The first kappa shape index (κ1) is 13.0. The molecule has 0 N–H and O–H groups in total. The van der Waals surface area contributed by atoms with Gasteiger partial charge in [0, 0.05) is 12.1 Å². The van der Waals surface area contributed by atoms with E-state index in [1.807, 2.05) is 6.07 Å². The molecule has 0 saturated heterocycles. The van der Waals surface area contributed by atoms with E-state index >= 15 is 0 Å². The molecule has 0 spiro atoms. The Labute approximate surface area is 113 Å². The van der Waals surface area contributed by atoms with E-state index in [0.29, 0.717) is 11.3 Å². The van der Waals surface area contributed by atoms with Crippen molar-refractivity contribution < 1.29 is 9.66 Å². The monoisotopic (exact) mass is 266 g/mol. The molecule has 7 heteroatoms. The molecule has 1 aromatic carbocycles. The summed E-state index contributed by atoms with van der Waals surface area (Å²) < 4.78 is 5.36. The van der Waals surface area contributed by atoms with E-state index in [4.69, 9.17) is 15.3 Å². The molecule has 1 heterocycles. The van der Waals surface area contributed by atoms with Crippen LogP contribution in [0.4, 0.5) is 5.69 Å². The van der Waals surface area contributed by atoms with Gasteiger partial charge in [-0.05, 0) is 24.3 Å². The predicted molar refractivity (Wildman–Crippen MR) is 66.8 cm³/mol. The maximum absolute atomic E-state index is 10.7. The third-order valence-electron chi connectivity index (χ3n) is 2.36. The molecule has 0 aliphatic carbocycles. The quantitative estimate of drug-likeness (QED) is 0.623. The summed E-state index contributed by atoms with van der Waals surface area (Å²) in [6.45, 7) is 0. The summed E-state index contributed by atoms with van der Waals surface area (Å²) in [5.74, 6) is 0.478. The van der Waals surface area contributed by atoms with Crippen molar-refractivity contribution in [3.63, 3.8) is 0 Å². The van der Waals surface area contributed by atoms with Crippen molar-refractivity contribution in [2.75, 3.05) is 0 Å². The van der Waals surface area contributed by atoms with Crippen LogP contribution in [0.2, 0.25) is 0 Å². The van der Waals surface area contributed by atoms with Gasteiger partial charge >= 0.3 is 5.69 Å². The molecule has 1 aromatic heterocycles. The van der Waals surface area contributed by atoms with Crippen LogP contribution in [0.5, 0.6) is 11.6 Å². The van der Waals surface area contributed by atoms with Crippen molar-refractivity contribution in [1.29, 1.82) is 10.5 Å². The van der Waals surface area contributed by atoms with Gasteiger partial charge in [-0.3, -0.25) is 10.1 Å². The number of hydrogen-bond donors (Lipinski definition) is 0. The van der Waals surface area contributed by atoms with Crippen molar-refractivity contribution in [3.8, 4) is 23.8 Å². The Kier molecular flexibility index (Phi) is 3.55. The highest BCUT2D eigenvalue weighted by atomic mass is 16.6. The Morgan fingerprint density at radius 1 is 1.10 bits per heavy atom. The van der Waals surface area contributed by atoms with E-state index in [2.05, 4.69) is 4.98 Å². The van der Waals surface area contributed by atoms with Crippen LogP contribution in [0.1, 0.15) is 11.3 Å². The first-order valence-electron chi connectivity index (χ1n) is 5.37. The minimum Gasteiger partial charge on any atom is -0.439 e. The Morgan fingerprint density at radius 2 is 1.80 bits per heavy atom. The lowest BCUT2D eigenvalue weighted by Gasteiger charge is -2.04. The Balaban J connectivity index is 2.28. The lowest BCUT2D eigenvalue weighted by atomic mass is 10.2. The molecule has 96 valence electrons. The van der Waals surface area contributed by atoms with Gasteiger partial charge in [0.15, 0.2) is 0 Å². The van der Waals surface area contributed by atoms with E-state index < -0.39 is 4.92 Å². The van der Waals surface area contributed by atoms with Gasteiger partial charge in [-0.2, -0.15) is 15.5 Å². The summed E-state index contributed by atoms with van der Waals surface area (Å²) in [5.41, 5.74) is -0.215. The molecule has 0 atom stereocenters. The van der Waals surface area contributed by atoms with Crippen LogP contribution in [-0.2, 0) is 0 Å². The van der Waals surface area contributed by atoms with Crippen LogP contribution in [0.15, 0.2) is 36.4 Å². The molecule has 0 amide bonds. The van der Waals surface area contributed by atoms with Crippen molar-refractivity contribution >= 4 is 5.69 Å². The average Bonchev–Trinajstić information content (AvgIpc) is 2.47. The summed E-state index contributed by atoms with van der Waals surface area (Å²) in [6.07, 6.45) is 0. The second-order valence-electron chi connectivity index (χ2n) is 3.62. The van der Waals surface area contributed by atoms with E-state index in [0.717, 1.165) is 6.07 Å². The summed E-state index contributed by atoms with van der Waals surface area (Å²) >= 11 is 0. The first-order chi connectivity index (χ1) is 9.63. The fourth-order valence-corrected chi connectivity index (χ4v) is 1.44. The van der Waals surface area contributed by atoms with Crippen LogP contribution < -0.4 is 4.74 Å². The number of nitriles is 2. The number of benzene rings is 1. The fourth-order valence-electron chi connectivity index (χ4n) is 1.44. The number of nitrogens with zero attached hydrogens (tertiary/aromatic N) is 4. The Bertz CT molecular complexity index is 742. The van der Waals surface area contributed by atoms with Crippen molar-refractivity contribution in [2.24, 2.45) is 0 Å². The second-order valence-corrected chi connectivity index (χ2v) is 3.62. The Hall–Kier alpha value is -3.45.